The first kappa shape index (κ1) is 95.0. The first-order chi connectivity index (χ1) is 52.0. The van der Waals surface area contributed by atoms with Crippen molar-refractivity contribution in [2.75, 3.05) is 0 Å². The van der Waals surface area contributed by atoms with Gasteiger partial charge in [-0.05, 0) is 40.7 Å². The SMILES string of the molecule is CCc1cc2c(-c3ccccc3)cccc2[cH-]1.CCc1cc2c(-c3ccccc3)cccc2[cH-]1.C[CH-]C.C[CH-]C.C[CH-]C.Cc1cc2c(-c3ccccc3)cccc2[cH-]1.Cc1cc2c(-c3ccccc3)cccc2[cH-]1.Cc1cc2ccccc2[cH-]1.[CH-]=[SiH2].[CH3-].[CH3-].[Hf+4].[SiH2]=[Nb].[SiH2]=[V].c1ccc(-c2cccc3[cH-]ccc23)cc1. The average Bonchev–Trinajstić information content (AvgIpc) is 1.71. The minimum atomic E-state index is 0. The zero-order chi connectivity index (χ0) is 76.4. The van der Waals surface area contributed by atoms with Crippen LogP contribution in [0.25, 0.3) is 120 Å². The van der Waals surface area contributed by atoms with Crippen LogP contribution in [-0.4, -0.2) is 31.7 Å². The molecule has 0 aliphatic carbocycles. The van der Waals surface area contributed by atoms with E-state index in [-0.39, 0.29) is 40.7 Å². The van der Waals surface area contributed by atoms with Crippen LogP contribution in [0.4, 0.5) is 0 Å². The Morgan fingerprint density at radius 2 is 0.541 bits per heavy atom. The Bertz CT molecular complexity index is 4950. The molecule has 0 aromatic heterocycles. The van der Waals surface area contributed by atoms with E-state index in [0.29, 0.717) is 0 Å². The van der Waals surface area contributed by atoms with Crippen molar-refractivity contribution in [1.29, 1.82) is 0 Å². The smallest absolute Gasteiger partial charge is 0.0279 e. The topological polar surface area (TPSA) is 0 Å². The van der Waals surface area contributed by atoms with Gasteiger partial charge < -0.3 is 40.3 Å². The molecule has 0 heterocycles. The monoisotopic (exact) mass is 1750 g/mol. The van der Waals surface area contributed by atoms with Crippen LogP contribution in [0.5, 0.6) is 0 Å². The second-order valence-corrected chi connectivity index (χ2v) is 25.3. The third kappa shape index (κ3) is 28.6. The Labute approximate surface area is 703 Å². The van der Waals surface area contributed by atoms with Crippen LogP contribution in [0.15, 0.2) is 346 Å². The normalized spacial score (nSPS) is 9.59. The first-order valence-electron chi connectivity index (χ1n) is 36.5. The van der Waals surface area contributed by atoms with Crippen molar-refractivity contribution in [2.24, 2.45) is 0 Å². The summed E-state index contributed by atoms with van der Waals surface area (Å²) in [6.07, 6.45) is 12.7. The van der Waals surface area contributed by atoms with E-state index in [2.05, 4.69) is 403 Å². The van der Waals surface area contributed by atoms with E-state index in [4.69, 9.17) is 0 Å². The van der Waals surface area contributed by atoms with E-state index in [0.717, 1.165) is 12.8 Å². The van der Waals surface area contributed by atoms with Crippen molar-refractivity contribution in [3.8, 4) is 55.6 Å². The molecule has 0 N–H and O–H groups in total. The zero-order valence-corrected chi connectivity index (χ0v) is 78.1. The van der Waals surface area contributed by atoms with Crippen LogP contribution in [0.3, 0.4) is 0 Å². The fourth-order valence-electron chi connectivity index (χ4n) is 12.6. The Hall–Kier alpha value is -8.20. The van der Waals surface area contributed by atoms with Crippen LogP contribution >= 0.6 is 0 Å². The van der Waals surface area contributed by atoms with Gasteiger partial charge in [0.1, 0.15) is 0 Å². The van der Waals surface area contributed by atoms with E-state index in [1.165, 1.54) is 158 Å². The van der Waals surface area contributed by atoms with Crippen LogP contribution in [-0.2, 0) is 74.7 Å². The molecule has 0 saturated heterocycles. The Morgan fingerprint density at radius 1 is 0.303 bits per heavy atom. The third-order valence-electron chi connectivity index (χ3n) is 17.1. The number of benzene rings is 11. The van der Waals surface area contributed by atoms with Gasteiger partial charge >= 0.3 is 77.6 Å². The standard InChI is InChI=1S/2C17H15.2C16H13.C15H11.C10H9.3C3H7.CH3Si.2CH3.Hf.Nb.2H2Si.V/c2*1-2-13-11-15-9-6-10-16(17(15)12-13)14-7-4-3-5-8-14;2*1-12-10-14-8-5-9-15(16(14)11-12)13-6-3-2-4-7-13;1-2-6-12(7-3-1)14-10-4-8-13-9-5-11-15(13)14;1-8-6-9-4-2-3-5-10(9)7-8;3*1-3-2;1-2;;;;;;;/h2*3-12H,2H2,1H3;2*2-11H,1H3;1-11H;2-7H,1H3;3*3H,1-2H3;1H,2H2;2*1H3;;;2*1H2;/q12*-1;+4;;;;. The summed E-state index contributed by atoms with van der Waals surface area (Å²) in [5.74, 6) is 0. The minimum absolute atomic E-state index is 0. The van der Waals surface area contributed by atoms with Crippen molar-refractivity contribution in [1.82, 2.24) is 0 Å². The molecule has 0 atom stereocenters. The summed E-state index contributed by atoms with van der Waals surface area (Å²) < 4.78 is 0. The van der Waals surface area contributed by atoms with Gasteiger partial charge in [-0.3, -0.25) is 0 Å². The number of rotatable bonds is 7. The van der Waals surface area contributed by atoms with Crippen molar-refractivity contribution in [2.45, 2.75) is 89.0 Å². The maximum absolute atomic E-state index is 4.53. The van der Waals surface area contributed by atoms with Gasteiger partial charge in [0.25, 0.3) is 0 Å². The summed E-state index contributed by atoms with van der Waals surface area (Å²) in [7, 11) is 5.07. The number of hydrogen-bond acceptors (Lipinski definition) is 0. The average molecular weight is 1750 g/mol. The van der Waals surface area contributed by atoms with E-state index in [1.807, 2.05) is 68.3 Å². The van der Waals surface area contributed by atoms with E-state index in [1.54, 1.807) is 27.9 Å². The van der Waals surface area contributed by atoms with Gasteiger partial charge in [0.05, 0.1) is 0 Å². The molecule has 556 valence electrons. The molecular formula is C103H110HfNbSi3V-8. The molecule has 6 heteroatoms. The number of hydrogen-bond donors (Lipinski definition) is 0. The fraction of sp³-hybridized carbons (Fsp3) is 0.126. The molecule has 0 unspecified atom stereocenters. The predicted octanol–water partition coefficient (Wildman–Crippen LogP) is 27.4. The van der Waals surface area contributed by atoms with Gasteiger partial charge in [0, 0.05) is 0 Å². The van der Waals surface area contributed by atoms with Gasteiger partial charge in [-0.25, -0.2) is 9.85 Å². The molecule has 0 spiro atoms. The number of fused-ring (bicyclic) bond motifs is 6. The maximum atomic E-state index is 4.53. The van der Waals surface area contributed by atoms with Crippen molar-refractivity contribution >= 4 is 96.3 Å². The molecule has 17 aromatic carbocycles. The third-order valence-corrected chi connectivity index (χ3v) is 17.1. The van der Waals surface area contributed by atoms with Crippen LogP contribution < -0.4 is 0 Å². The van der Waals surface area contributed by atoms with E-state index >= 15 is 0 Å². The van der Waals surface area contributed by atoms with Gasteiger partial charge in [-0.15, -0.1) is 208 Å². The summed E-state index contributed by atoms with van der Waals surface area (Å²) in [5.41, 5.74) is 20.0. The quantitative estimate of drug-likeness (QED) is 0.110. The van der Waals surface area contributed by atoms with Crippen molar-refractivity contribution in [3.63, 3.8) is 0 Å². The van der Waals surface area contributed by atoms with Crippen LogP contribution in [0.2, 0.25) is 0 Å². The Balaban J connectivity index is 0.000000327. The summed E-state index contributed by atoms with van der Waals surface area (Å²) in [4.78, 5) is 0. The fourth-order valence-corrected chi connectivity index (χ4v) is 12.6. The summed E-state index contributed by atoms with van der Waals surface area (Å²) in [6, 6.07) is 123. The predicted molar refractivity (Wildman–Crippen MR) is 489 cm³/mol. The first-order valence-corrected chi connectivity index (χ1v) is 46.2. The molecule has 0 aliphatic heterocycles. The van der Waals surface area contributed by atoms with Gasteiger partial charge in [0.15, 0.2) is 0 Å². The molecule has 0 radical (unpaired) electrons. The van der Waals surface area contributed by atoms with Gasteiger partial charge in [-0.1, -0.05) is 250 Å². The zero-order valence-electron chi connectivity index (χ0n) is 66.6. The molecule has 0 bridgehead atoms. The molecule has 0 fully saturated rings. The summed E-state index contributed by atoms with van der Waals surface area (Å²) >= 11 is 4.12. The van der Waals surface area contributed by atoms with Crippen molar-refractivity contribution in [3.05, 3.63) is 408 Å². The maximum Gasteiger partial charge on any atom is -0.0279 e. The minimum Gasteiger partial charge on any atom is -0.168 e. The summed E-state index contributed by atoms with van der Waals surface area (Å²) in [6.45, 7) is 22.8. The molecule has 0 nitrogen and oxygen atoms in total. The molecule has 17 aromatic rings. The van der Waals surface area contributed by atoms with Gasteiger partial charge in [0.2, 0.25) is 0 Å². The van der Waals surface area contributed by atoms with E-state index in [9.17, 15) is 0 Å². The second-order valence-electron chi connectivity index (χ2n) is 25.3. The molecule has 17 rings (SSSR count). The van der Waals surface area contributed by atoms with Crippen LogP contribution in [0.1, 0.15) is 83.2 Å². The van der Waals surface area contributed by atoms with Crippen molar-refractivity contribution < 1.29 is 61.9 Å². The molecule has 0 aliphatic rings. The summed E-state index contributed by atoms with van der Waals surface area (Å²) in [5, 5.41) is 16.2. The second kappa shape index (κ2) is 53.6. The largest absolute Gasteiger partial charge is 0.168 e. The number of aryl methyl sites for hydroxylation is 5. The molecular weight excluding hydrogens is 1640 g/mol. The van der Waals surface area contributed by atoms with E-state index < -0.39 is 0 Å². The molecule has 109 heavy (non-hydrogen) atoms. The Morgan fingerprint density at radius 3 is 0.844 bits per heavy atom. The molecule has 0 amide bonds. The Kier molecular flexibility index (Phi) is 46.7. The molecule has 0 saturated carbocycles. The van der Waals surface area contributed by atoms with Crippen LogP contribution in [0, 0.1) is 54.9 Å². The van der Waals surface area contributed by atoms with Gasteiger partial charge in [-0.2, -0.15) is 84.0 Å².